The van der Waals surface area contributed by atoms with Gasteiger partial charge < -0.3 is 25.4 Å². The van der Waals surface area contributed by atoms with E-state index in [0.29, 0.717) is 50.6 Å². The third-order valence-corrected chi connectivity index (χ3v) is 3.18. The van der Waals surface area contributed by atoms with Crippen LogP contribution in [0.15, 0.2) is 18.2 Å². The van der Waals surface area contributed by atoms with Gasteiger partial charge >= 0.3 is 6.03 Å². The minimum absolute atomic E-state index is 0.0170. The molecule has 1 aliphatic heterocycles. The number of amides is 2. The number of aliphatic hydroxyl groups excluding tert-OH is 1. The SMILES string of the molecule is O=C(NCCCO)Nc1ccc(N2CCOCC2)c(F)c1. The molecule has 0 saturated carbocycles. The predicted molar refractivity (Wildman–Crippen MR) is 78.2 cm³/mol. The topological polar surface area (TPSA) is 73.8 Å². The summed E-state index contributed by atoms with van der Waals surface area (Å²) >= 11 is 0. The monoisotopic (exact) mass is 297 g/mol. The lowest BCUT2D eigenvalue weighted by atomic mass is 10.2. The highest BCUT2D eigenvalue weighted by atomic mass is 19.1. The Labute approximate surface area is 122 Å². The van der Waals surface area contributed by atoms with Gasteiger partial charge in [0.25, 0.3) is 0 Å². The van der Waals surface area contributed by atoms with Gasteiger partial charge in [-0.25, -0.2) is 9.18 Å². The maximum Gasteiger partial charge on any atom is 0.319 e. The van der Waals surface area contributed by atoms with Crippen LogP contribution in [0.1, 0.15) is 6.42 Å². The zero-order valence-corrected chi connectivity index (χ0v) is 11.8. The zero-order chi connectivity index (χ0) is 15.1. The number of anilines is 2. The van der Waals surface area contributed by atoms with Crippen LogP contribution in [0.2, 0.25) is 0 Å². The maximum atomic E-state index is 14.1. The number of morpholine rings is 1. The molecule has 1 heterocycles. The van der Waals surface area contributed by atoms with Crippen LogP contribution in [-0.2, 0) is 4.74 Å². The third kappa shape index (κ3) is 4.57. The predicted octanol–water partition coefficient (Wildman–Crippen LogP) is 1.17. The summed E-state index contributed by atoms with van der Waals surface area (Å²) in [6.45, 7) is 2.88. The van der Waals surface area contributed by atoms with E-state index in [1.165, 1.54) is 6.07 Å². The van der Waals surface area contributed by atoms with Gasteiger partial charge in [0.1, 0.15) is 5.82 Å². The Balaban J connectivity index is 1.93. The molecule has 1 fully saturated rings. The molecule has 0 spiro atoms. The molecule has 2 amide bonds. The molecule has 1 aliphatic rings. The first-order chi connectivity index (χ1) is 10.2. The van der Waals surface area contributed by atoms with Crippen molar-refractivity contribution in [3.63, 3.8) is 0 Å². The van der Waals surface area contributed by atoms with Gasteiger partial charge in [-0.1, -0.05) is 0 Å². The summed E-state index contributed by atoms with van der Waals surface area (Å²) in [7, 11) is 0. The van der Waals surface area contributed by atoms with Crippen LogP contribution in [-0.4, -0.2) is 50.6 Å². The molecule has 0 atom stereocenters. The summed E-state index contributed by atoms with van der Waals surface area (Å²) in [6.07, 6.45) is 0.484. The lowest BCUT2D eigenvalue weighted by molar-refractivity contribution is 0.122. The van der Waals surface area contributed by atoms with Crippen LogP contribution >= 0.6 is 0 Å². The molecule has 2 rings (SSSR count). The quantitative estimate of drug-likeness (QED) is 0.713. The van der Waals surface area contributed by atoms with Gasteiger partial charge in [-0.2, -0.15) is 0 Å². The van der Waals surface area contributed by atoms with Crippen LogP contribution in [0, 0.1) is 5.82 Å². The van der Waals surface area contributed by atoms with E-state index in [1.54, 1.807) is 12.1 Å². The van der Waals surface area contributed by atoms with E-state index in [4.69, 9.17) is 9.84 Å². The largest absolute Gasteiger partial charge is 0.396 e. The molecular formula is C14H20FN3O3. The number of nitrogens with one attached hydrogen (secondary N) is 2. The second-order valence-corrected chi connectivity index (χ2v) is 4.72. The number of carbonyl (C=O) groups is 1. The number of halogens is 1. The highest BCUT2D eigenvalue weighted by Crippen LogP contribution is 2.23. The Kier molecular flexibility index (Phi) is 5.77. The Bertz CT molecular complexity index is 479. The van der Waals surface area contributed by atoms with Crippen LogP contribution < -0.4 is 15.5 Å². The minimum atomic E-state index is -0.415. The lowest BCUT2D eigenvalue weighted by Crippen LogP contribution is -2.36. The van der Waals surface area contributed by atoms with Gasteiger partial charge in [0.05, 0.1) is 18.9 Å². The summed E-state index contributed by atoms with van der Waals surface area (Å²) in [5.74, 6) is -0.370. The fourth-order valence-electron chi connectivity index (χ4n) is 2.10. The molecule has 1 saturated heterocycles. The van der Waals surface area contributed by atoms with Crippen LogP contribution in [0.4, 0.5) is 20.6 Å². The van der Waals surface area contributed by atoms with E-state index < -0.39 is 6.03 Å². The molecule has 0 bridgehead atoms. The normalized spacial score (nSPS) is 14.9. The van der Waals surface area contributed by atoms with Crippen molar-refractivity contribution in [3.8, 4) is 0 Å². The minimum Gasteiger partial charge on any atom is -0.396 e. The number of nitrogens with zero attached hydrogens (tertiary/aromatic N) is 1. The Morgan fingerprint density at radius 3 is 2.81 bits per heavy atom. The number of urea groups is 1. The number of benzene rings is 1. The van der Waals surface area contributed by atoms with Crippen LogP contribution in [0.5, 0.6) is 0 Å². The summed E-state index contributed by atoms with van der Waals surface area (Å²) < 4.78 is 19.3. The second-order valence-electron chi connectivity index (χ2n) is 4.72. The Hall–Kier alpha value is -1.86. The van der Waals surface area contributed by atoms with Gasteiger partial charge in [0, 0.05) is 31.9 Å². The second kappa shape index (κ2) is 7.80. The van der Waals surface area contributed by atoms with Crippen molar-refractivity contribution in [3.05, 3.63) is 24.0 Å². The van der Waals surface area contributed by atoms with E-state index in [0.717, 1.165) is 0 Å². The number of ether oxygens (including phenoxy) is 1. The Morgan fingerprint density at radius 2 is 2.14 bits per heavy atom. The fourth-order valence-corrected chi connectivity index (χ4v) is 2.10. The molecule has 6 nitrogen and oxygen atoms in total. The molecule has 0 aromatic heterocycles. The lowest BCUT2D eigenvalue weighted by Gasteiger charge is -2.29. The van der Waals surface area contributed by atoms with Gasteiger partial charge in [-0.3, -0.25) is 0 Å². The molecule has 3 N–H and O–H groups in total. The smallest absolute Gasteiger partial charge is 0.319 e. The van der Waals surface area contributed by atoms with E-state index >= 15 is 0 Å². The first-order valence-electron chi connectivity index (χ1n) is 6.98. The molecule has 7 heteroatoms. The van der Waals surface area contributed by atoms with Crippen molar-refractivity contribution in [2.24, 2.45) is 0 Å². The van der Waals surface area contributed by atoms with Crippen molar-refractivity contribution in [1.82, 2.24) is 5.32 Å². The van der Waals surface area contributed by atoms with Crippen molar-refractivity contribution in [1.29, 1.82) is 0 Å². The molecule has 1 aromatic rings. The Morgan fingerprint density at radius 1 is 1.38 bits per heavy atom. The average Bonchev–Trinajstić information content (AvgIpc) is 2.48. The molecule has 0 aliphatic carbocycles. The highest BCUT2D eigenvalue weighted by molar-refractivity contribution is 5.89. The molecule has 21 heavy (non-hydrogen) atoms. The van der Waals surface area contributed by atoms with Gasteiger partial charge in [0.15, 0.2) is 0 Å². The molecule has 0 unspecified atom stereocenters. The van der Waals surface area contributed by atoms with E-state index in [9.17, 15) is 9.18 Å². The highest BCUT2D eigenvalue weighted by Gasteiger charge is 2.15. The van der Waals surface area contributed by atoms with Crippen LogP contribution in [0.25, 0.3) is 0 Å². The number of aliphatic hydroxyl groups is 1. The van der Waals surface area contributed by atoms with Crippen LogP contribution in [0.3, 0.4) is 0 Å². The standard InChI is InChI=1S/C14H20FN3O3/c15-12-10-11(17-14(20)16-4-1-7-19)2-3-13(12)18-5-8-21-9-6-18/h2-3,10,19H,1,4-9H2,(H2,16,17,20). The van der Waals surface area contributed by atoms with Crippen molar-refractivity contribution >= 4 is 17.4 Å². The number of hydrogen-bond donors (Lipinski definition) is 3. The number of carbonyl (C=O) groups excluding carboxylic acids is 1. The first-order valence-corrected chi connectivity index (χ1v) is 6.98. The molecule has 1 aromatic carbocycles. The average molecular weight is 297 g/mol. The van der Waals surface area contributed by atoms with Gasteiger partial charge in [-0.15, -0.1) is 0 Å². The number of hydrogen-bond acceptors (Lipinski definition) is 4. The summed E-state index contributed by atoms with van der Waals surface area (Å²) in [4.78, 5) is 13.5. The maximum absolute atomic E-state index is 14.1. The molecule has 0 radical (unpaired) electrons. The summed E-state index contributed by atoms with van der Waals surface area (Å²) in [5.41, 5.74) is 0.913. The zero-order valence-electron chi connectivity index (χ0n) is 11.8. The fraction of sp³-hybridized carbons (Fsp3) is 0.500. The summed E-state index contributed by atoms with van der Waals surface area (Å²) in [6, 6.07) is 4.21. The molecule has 116 valence electrons. The van der Waals surface area contributed by atoms with Crippen molar-refractivity contribution in [2.75, 3.05) is 49.7 Å². The summed E-state index contributed by atoms with van der Waals surface area (Å²) in [5, 5.41) is 13.8. The van der Waals surface area contributed by atoms with Gasteiger partial charge in [0.2, 0.25) is 0 Å². The van der Waals surface area contributed by atoms with Crippen molar-refractivity contribution in [2.45, 2.75) is 6.42 Å². The van der Waals surface area contributed by atoms with Gasteiger partial charge in [-0.05, 0) is 24.6 Å². The third-order valence-electron chi connectivity index (χ3n) is 3.18. The molecular weight excluding hydrogens is 277 g/mol. The number of rotatable bonds is 5. The van der Waals surface area contributed by atoms with E-state index in [2.05, 4.69) is 10.6 Å². The van der Waals surface area contributed by atoms with E-state index in [-0.39, 0.29) is 12.4 Å². The van der Waals surface area contributed by atoms with E-state index in [1.807, 2.05) is 4.90 Å². The van der Waals surface area contributed by atoms with Crippen molar-refractivity contribution < 1.29 is 19.0 Å². The first kappa shape index (κ1) is 15.5.